The van der Waals surface area contributed by atoms with E-state index in [2.05, 4.69) is 74.4 Å². The predicted molar refractivity (Wildman–Crippen MR) is 409 cm³/mol. The number of hydrogen-bond acceptors (Lipinski definition) is 23. The number of ether oxygens (including phenoxy) is 2. The van der Waals surface area contributed by atoms with Crippen LogP contribution in [0, 0.1) is 29.6 Å². The fraction of sp³-hybridized carbons (Fsp3) is 0.694. The number of carbonyl (C=O) groups excluding carboxylic acids is 7. The van der Waals surface area contributed by atoms with Gasteiger partial charge in [-0.15, -0.1) is 0 Å². The molecule has 2 saturated carbocycles. The average molecular weight is 1440 g/mol. The summed E-state index contributed by atoms with van der Waals surface area (Å²) in [6, 6.07) is 20.0. The number of benzene rings is 2. The molecule has 2 aliphatic carbocycles. The Morgan fingerprint density at radius 1 is 0.459 bits per heavy atom. The molecule has 6 unspecified atom stereocenters. The zero-order chi connectivity index (χ0) is 64.6. The van der Waals surface area contributed by atoms with Crippen molar-refractivity contribution in [3.8, 4) is 5.75 Å². The molecule has 2 aromatic carbocycles. The highest BCUT2D eigenvalue weighted by Gasteiger charge is 2.24. The van der Waals surface area contributed by atoms with Crippen molar-refractivity contribution in [3.05, 3.63) is 66.2 Å². The molecule has 4 rings (SSSR count). The van der Waals surface area contributed by atoms with Gasteiger partial charge in [-0.05, 0) is 129 Å². The molecule has 0 N–H and O–H groups in total. The molecule has 0 spiro atoms. The van der Waals surface area contributed by atoms with Crippen LogP contribution in [0.1, 0.15) is 144 Å². The topological polar surface area (TPSA) is 138 Å². The van der Waals surface area contributed by atoms with E-state index in [4.69, 9.17) is 9.47 Å². The molecule has 490 valence electrons. The number of hydrogen-bond donors (Lipinski definition) is 0. The Labute approximate surface area is 576 Å². The highest BCUT2D eigenvalue weighted by Crippen LogP contribution is 2.35. The van der Waals surface area contributed by atoms with Crippen LogP contribution in [0.3, 0.4) is 0 Å². The van der Waals surface area contributed by atoms with Gasteiger partial charge in [-0.1, -0.05) is 314 Å². The van der Waals surface area contributed by atoms with Crippen molar-refractivity contribution in [3.63, 3.8) is 0 Å². The Hall–Kier alpha value is 0.790. The third-order valence-electron chi connectivity index (χ3n) is 11.8. The molecular weight excluding hydrogens is 1340 g/mol. The Kier molecular flexibility index (Phi) is 67.3. The summed E-state index contributed by atoms with van der Waals surface area (Å²) in [6.07, 6.45) is 27.2. The van der Waals surface area contributed by atoms with Gasteiger partial charge in [0, 0.05) is 39.8 Å². The Morgan fingerprint density at radius 3 is 1.29 bits per heavy atom. The maximum absolute atomic E-state index is 11.2. The molecule has 0 bridgehead atoms. The summed E-state index contributed by atoms with van der Waals surface area (Å²) in [5, 5.41) is 0.596. The molecular formula is C62H104O9S14. The fourth-order valence-corrected chi connectivity index (χ4v) is 15.5. The van der Waals surface area contributed by atoms with Gasteiger partial charge >= 0.3 is 0 Å². The van der Waals surface area contributed by atoms with Gasteiger partial charge in [-0.25, -0.2) is 0 Å². The summed E-state index contributed by atoms with van der Waals surface area (Å²) in [5.41, 5.74) is 1.30. The molecule has 2 aliphatic rings. The van der Waals surface area contributed by atoms with E-state index in [9.17, 15) is 33.6 Å². The van der Waals surface area contributed by atoms with E-state index in [1.54, 1.807) is 18.0 Å². The van der Waals surface area contributed by atoms with Crippen LogP contribution in [0.15, 0.2) is 60.7 Å². The molecule has 2 aromatic rings. The minimum atomic E-state index is 0.173. The van der Waals surface area contributed by atoms with Gasteiger partial charge in [0.25, 0.3) is 0 Å². The molecule has 9 nitrogen and oxygen atoms in total. The molecule has 0 radical (unpaired) electrons. The number of carbonyl (C=O) groups is 7. The Bertz CT molecular complexity index is 1970. The van der Waals surface area contributed by atoms with Crippen LogP contribution >= 0.6 is 165 Å². The second-order valence-corrected chi connectivity index (χ2v) is 34.7. The minimum absolute atomic E-state index is 0.173. The highest BCUT2D eigenvalue weighted by molar-refractivity contribution is 8.40. The van der Waals surface area contributed by atoms with E-state index in [0.717, 1.165) is 65.6 Å². The molecule has 0 saturated heterocycles. The van der Waals surface area contributed by atoms with Crippen LogP contribution < -0.4 is 4.74 Å². The molecule has 0 heterocycles. The second kappa shape index (κ2) is 63.5. The van der Waals surface area contributed by atoms with Crippen molar-refractivity contribution >= 4 is 196 Å². The summed E-state index contributed by atoms with van der Waals surface area (Å²) < 4.78 is 13.0. The third kappa shape index (κ3) is 59.5. The van der Waals surface area contributed by atoms with E-state index in [0.29, 0.717) is 47.6 Å². The van der Waals surface area contributed by atoms with Crippen LogP contribution in [0.5, 0.6) is 5.75 Å². The highest BCUT2D eigenvalue weighted by atomic mass is 32.2. The SMILES string of the molecule is CCC(C)CSC(=O)SC.CCCSC(=O)SC.CSC(=O)SC1CCCCC1C.CSC(=O)SCC(C)C.CSC(=O)SCC(C)COC1CCCCC1.CSC(=O)SCC(C)COc1ccccc1.CSC(=O)SCC(C)c1ccccc1. The van der Waals surface area contributed by atoms with Crippen molar-refractivity contribution in [2.24, 2.45) is 29.6 Å². The Morgan fingerprint density at radius 2 is 0.859 bits per heavy atom. The lowest BCUT2D eigenvalue weighted by Gasteiger charge is -2.26. The van der Waals surface area contributed by atoms with Crippen molar-refractivity contribution in [1.82, 2.24) is 0 Å². The molecule has 0 aromatic heterocycles. The largest absolute Gasteiger partial charge is 0.493 e. The summed E-state index contributed by atoms with van der Waals surface area (Å²) >= 11 is 19.0. The second-order valence-electron chi connectivity index (χ2n) is 20.1. The third-order valence-corrected chi connectivity index (χ3v) is 27.0. The van der Waals surface area contributed by atoms with Gasteiger partial charge < -0.3 is 9.47 Å². The molecule has 0 amide bonds. The first-order valence-electron chi connectivity index (χ1n) is 28.9. The molecule has 0 aliphatic heterocycles. The van der Waals surface area contributed by atoms with E-state index < -0.39 is 0 Å². The van der Waals surface area contributed by atoms with Crippen molar-refractivity contribution in [1.29, 1.82) is 0 Å². The smallest absolute Gasteiger partial charge is 0.246 e. The standard InChI is InChI=1S/C12H22O2S2.C12H16O2S2.C11H14OS2.C9H16OS2.C7H14OS2.C6H12OS2.C5H10OS2/c2*1-10(9-16-12(13)15-2)8-14-11-6-4-3-5-7-11;1-9(8-14-11(12)13-2)10-6-4-3-5-7-10;1-7-5-3-4-6-8(7)12-9(10)11-2;1-4-6(2)5-10-7(8)9-3;1-5(2)4-9-6(7)8-3;1-3-4-8-5(6)7-2/h10-11H,3-9H2,1-2H3;3-7,10H,8-9H2,1-2H3;3-7,9H,8H2,1-2H3;7-8H,3-6H2,1-2H3;6H,4-5H2,1-3H3;5H,4H2,1-3H3;3-4H2,1-2H3. The maximum Gasteiger partial charge on any atom is 0.246 e. The summed E-state index contributed by atoms with van der Waals surface area (Å²) in [6.45, 7) is 20.7. The lowest BCUT2D eigenvalue weighted by molar-refractivity contribution is 0.0145. The molecule has 85 heavy (non-hydrogen) atoms. The van der Waals surface area contributed by atoms with Gasteiger partial charge in [0.15, 0.2) is 0 Å². The summed E-state index contributed by atoms with van der Waals surface area (Å²) in [7, 11) is 0. The number of rotatable bonds is 21. The predicted octanol–water partition coefficient (Wildman–Crippen LogP) is 24.6. The quantitative estimate of drug-likeness (QED) is 0.117. The van der Waals surface area contributed by atoms with E-state index in [1.807, 2.05) is 86.1 Å². The Balaban J connectivity index is -0.000000936. The van der Waals surface area contributed by atoms with Crippen LogP contribution in [0.4, 0.5) is 33.6 Å². The average Bonchev–Trinajstić information content (AvgIpc) is 3.59. The molecule has 6 atom stereocenters. The fourth-order valence-electron chi connectivity index (χ4n) is 6.61. The lowest BCUT2D eigenvalue weighted by Crippen LogP contribution is -2.20. The van der Waals surface area contributed by atoms with Gasteiger partial charge in [-0.2, -0.15) is 0 Å². The first kappa shape index (κ1) is 90.0. The normalized spacial score (nSPS) is 15.8. The monoisotopic (exact) mass is 1440 g/mol. The van der Waals surface area contributed by atoms with Crippen molar-refractivity contribution in [2.75, 3.05) is 91.5 Å². The van der Waals surface area contributed by atoms with E-state index in [-0.39, 0.29) is 31.1 Å². The van der Waals surface area contributed by atoms with Gasteiger partial charge in [0.05, 0.1) is 19.3 Å². The van der Waals surface area contributed by atoms with Crippen molar-refractivity contribution in [2.45, 2.75) is 150 Å². The van der Waals surface area contributed by atoms with Crippen LogP contribution in [0.2, 0.25) is 0 Å². The lowest BCUT2D eigenvalue weighted by atomic mass is 9.90. The van der Waals surface area contributed by atoms with E-state index >= 15 is 0 Å². The van der Waals surface area contributed by atoms with Gasteiger partial charge in [0.1, 0.15) is 5.75 Å². The van der Waals surface area contributed by atoms with Crippen LogP contribution in [-0.2, 0) is 4.74 Å². The molecule has 23 heteroatoms. The number of para-hydroxylation sites is 1. The maximum atomic E-state index is 11.2. The zero-order valence-electron chi connectivity index (χ0n) is 53.7. The van der Waals surface area contributed by atoms with Gasteiger partial charge in [-0.3, -0.25) is 33.6 Å². The minimum Gasteiger partial charge on any atom is -0.493 e. The van der Waals surface area contributed by atoms with Crippen molar-refractivity contribution < 1.29 is 43.0 Å². The summed E-state index contributed by atoms with van der Waals surface area (Å²) in [4.78, 5) is 76.3. The van der Waals surface area contributed by atoms with Gasteiger partial charge in [0.2, 0.25) is 31.1 Å². The van der Waals surface area contributed by atoms with Crippen LogP contribution in [-0.4, -0.2) is 134 Å². The summed E-state index contributed by atoms with van der Waals surface area (Å²) in [5.74, 6) is 9.63. The first-order valence-corrected chi connectivity index (χ1v) is 44.3. The number of thioether (sulfide) groups is 14. The zero-order valence-corrected chi connectivity index (χ0v) is 65.1. The molecule has 2 fully saturated rings. The first-order chi connectivity index (χ1) is 40.6. The van der Waals surface area contributed by atoms with E-state index in [1.165, 1.54) is 216 Å². The van der Waals surface area contributed by atoms with Crippen LogP contribution in [0.25, 0.3) is 0 Å².